The van der Waals surface area contributed by atoms with Crippen molar-refractivity contribution in [3.05, 3.63) is 69.8 Å². The molecule has 3 rings (SSSR count). The summed E-state index contributed by atoms with van der Waals surface area (Å²) >= 11 is 0. The Bertz CT molecular complexity index is 1140. The lowest BCUT2D eigenvalue weighted by atomic mass is 9.94. The largest absolute Gasteiger partial charge is 0.335 e. The molecule has 0 N–H and O–H groups in total. The summed E-state index contributed by atoms with van der Waals surface area (Å²) in [5.41, 5.74) is 2.89. The highest BCUT2D eigenvalue weighted by molar-refractivity contribution is 5.82. The fourth-order valence-corrected chi connectivity index (χ4v) is 3.60. The molecule has 1 atom stereocenters. The van der Waals surface area contributed by atoms with Crippen LogP contribution in [0.2, 0.25) is 0 Å². The summed E-state index contributed by atoms with van der Waals surface area (Å²) in [5, 5.41) is 0.563. The number of carbonyl (C=O) groups is 1. The van der Waals surface area contributed by atoms with Crippen LogP contribution < -0.4 is 5.56 Å². The van der Waals surface area contributed by atoms with E-state index in [4.69, 9.17) is 4.98 Å². The normalized spacial score (nSPS) is 12.8. The van der Waals surface area contributed by atoms with Crippen molar-refractivity contribution in [1.82, 2.24) is 14.5 Å². The quantitative estimate of drug-likeness (QED) is 0.657. The predicted molar refractivity (Wildman–Crippen MR) is 117 cm³/mol. The van der Waals surface area contributed by atoms with E-state index in [0.717, 1.165) is 16.8 Å². The fraction of sp³-hybridized carbons (Fsp3) is 0.375. The van der Waals surface area contributed by atoms with E-state index in [0.29, 0.717) is 16.7 Å². The molecule has 0 fully saturated rings. The minimum absolute atomic E-state index is 0.000384. The van der Waals surface area contributed by atoms with E-state index in [1.807, 2.05) is 71.9 Å². The Morgan fingerprint density at radius 2 is 1.76 bits per heavy atom. The summed E-state index contributed by atoms with van der Waals surface area (Å²) < 4.78 is 1.66. The van der Waals surface area contributed by atoms with Crippen molar-refractivity contribution in [3.8, 4) is 5.69 Å². The van der Waals surface area contributed by atoms with E-state index < -0.39 is 5.41 Å². The van der Waals surface area contributed by atoms with Gasteiger partial charge in [-0.3, -0.25) is 14.2 Å². The van der Waals surface area contributed by atoms with Gasteiger partial charge in [0.2, 0.25) is 5.91 Å². The third-order valence-corrected chi connectivity index (χ3v) is 5.31. The van der Waals surface area contributed by atoms with E-state index >= 15 is 0 Å². The third-order valence-electron chi connectivity index (χ3n) is 5.31. The molecule has 29 heavy (non-hydrogen) atoms. The van der Waals surface area contributed by atoms with Gasteiger partial charge in [-0.1, -0.05) is 50.6 Å². The Labute approximate surface area is 172 Å². The highest BCUT2D eigenvalue weighted by Gasteiger charge is 2.31. The molecule has 0 bridgehead atoms. The average Bonchev–Trinajstić information content (AvgIpc) is 2.66. The highest BCUT2D eigenvalue weighted by atomic mass is 16.2. The molecule has 1 aromatic heterocycles. The second-order valence-electron chi connectivity index (χ2n) is 8.76. The van der Waals surface area contributed by atoms with E-state index in [1.54, 1.807) is 22.6 Å². The molecule has 0 aliphatic rings. The van der Waals surface area contributed by atoms with Crippen LogP contribution in [0.4, 0.5) is 0 Å². The van der Waals surface area contributed by atoms with Gasteiger partial charge in [0.1, 0.15) is 5.82 Å². The van der Waals surface area contributed by atoms with Crippen molar-refractivity contribution in [2.45, 2.75) is 47.6 Å². The van der Waals surface area contributed by atoms with Crippen LogP contribution in [-0.4, -0.2) is 27.4 Å². The van der Waals surface area contributed by atoms with Crippen LogP contribution in [-0.2, 0) is 4.79 Å². The first-order valence-electron chi connectivity index (χ1n) is 9.89. The van der Waals surface area contributed by atoms with Gasteiger partial charge in [-0.15, -0.1) is 0 Å². The van der Waals surface area contributed by atoms with Gasteiger partial charge in [-0.05, 0) is 44.5 Å². The standard InChI is InChI=1S/C24H29N3O2/c1-15-12-13-20(16(2)14-15)27-21(17(3)26(7)23(29)24(4,5)6)25-19-11-9-8-10-18(19)22(27)28/h8-14,17H,1-7H3. The van der Waals surface area contributed by atoms with Crippen LogP contribution in [0.5, 0.6) is 0 Å². The third kappa shape index (κ3) is 3.82. The maximum atomic E-state index is 13.5. The predicted octanol–water partition coefficient (Wildman–Crippen LogP) is 4.57. The lowest BCUT2D eigenvalue weighted by Gasteiger charge is -2.32. The number of benzene rings is 2. The molecule has 5 heteroatoms. The maximum absolute atomic E-state index is 13.5. The van der Waals surface area contributed by atoms with Crippen molar-refractivity contribution in [3.63, 3.8) is 0 Å². The van der Waals surface area contributed by atoms with Crippen LogP contribution in [0.15, 0.2) is 47.3 Å². The number of carbonyl (C=O) groups excluding carboxylic acids is 1. The van der Waals surface area contributed by atoms with Gasteiger partial charge >= 0.3 is 0 Å². The molecule has 1 unspecified atom stereocenters. The van der Waals surface area contributed by atoms with E-state index in [9.17, 15) is 9.59 Å². The Morgan fingerprint density at radius 3 is 2.38 bits per heavy atom. The Hall–Kier alpha value is -2.95. The van der Waals surface area contributed by atoms with Gasteiger partial charge in [-0.2, -0.15) is 0 Å². The second kappa shape index (κ2) is 7.47. The first-order valence-corrected chi connectivity index (χ1v) is 9.89. The molecule has 0 aliphatic carbocycles. The number of rotatable bonds is 3. The number of fused-ring (bicyclic) bond motifs is 1. The number of hydrogen-bond acceptors (Lipinski definition) is 3. The monoisotopic (exact) mass is 391 g/mol. The van der Waals surface area contributed by atoms with Gasteiger partial charge in [0.25, 0.3) is 5.56 Å². The van der Waals surface area contributed by atoms with Crippen LogP contribution in [0.3, 0.4) is 0 Å². The van der Waals surface area contributed by atoms with Crippen LogP contribution in [0.1, 0.15) is 50.7 Å². The summed E-state index contributed by atoms with van der Waals surface area (Å²) in [6.45, 7) is 11.6. The topological polar surface area (TPSA) is 55.2 Å². The van der Waals surface area contributed by atoms with Crippen molar-refractivity contribution in [2.75, 3.05) is 7.05 Å². The summed E-state index contributed by atoms with van der Waals surface area (Å²) in [6.07, 6.45) is 0. The van der Waals surface area contributed by atoms with Crippen molar-refractivity contribution < 1.29 is 4.79 Å². The smallest absolute Gasteiger partial charge is 0.266 e. The van der Waals surface area contributed by atoms with Gasteiger partial charge in [0, 0.05) is 12.5 Å². The highest BCUT2D eigenvalue weighted by Crippen LogP contribution is 2.27. The zero-order valence-corrected chi connectivity index (χ0v) is 18.3. The van der Waals surface area contributed by atoms with E-state index in [2.05, 4.69) is 6.07 Å². The number of nitrogens with zero attached hydrogens (tertiary/aromatic N) is 3. The fourth-order valence-electron chi connectivity index (χ4n) is 3.60. The van der Waals surface area contributed by atoms with Crippen LogP contribution in [0, 0.1) is 19.3 Å². The van der Waals surface area contributed by atoms with E-state index in [1.165, 1.54) is 0 Å². The second-order valence-corrected chi connectivity index (χ2v) is 8.76. The molecule has 1 heterocycles. The SMILES string of the molecule is Cc1ccc(-n2c(C(C)N(C)C(=O)C(C)(C)C)nc3ccccc3c2=O)c(C)c1. The number of aryl methyl sites for hydroxylation is 2. The lowest BCUT2D eigenvalue weighted by molar-refractivity contribution is -0.140. The molecule has 0 saturated carbocycles. The van der Waals surface area contributed by atoms with Crippen molar-refractivity contribution >= 4 is 16.8 Å². The summed E-state index contributed by atoms with van der Waals surface area (Å²) in [5.74, 6) is 0.556. The summed E-state index contributed by atoms with van der Waals surface area (Å²) in [7, 11) is 1.77. The van der Waals surface area contributed by atoms with Crippen LogP contribution in [0.25, 0.3) is 16.6 Å². The first kappa shape index (κ1) is 20.8. The van der Waals surface area contributed by atoms with E-state index in [-0.39, 0.29) is 17.5 Å². The minimum atomic E-state index is -0.523. The molecule has 1 amide bonds. The van der Waals surface area contributed by atoms with Gasteiger partial charge in [0.05, 0.1) is 22.6 Å². The van der Waals surface area contributed by atoms with Gasteiger partial charge in [0.15, 0.2) is 0 Å². The molecule has 0 radical (unpaired) electrons. The van der Waals surface area contributed by atoms with Crippen LogP contribution >= 0.6 is 0 Å². The average molecular weight is 392 g/mol. The van der Waals surface area contributed by atoms with Gasteiger partial charge in [-0.25, -0.2) is 4.98 Å². The molecular weight excluding hydrogens is 362 g/mol. The number of hydrogen-bond donors (Lipinski definition) is 0. The lowest BCUT2D eigenvalue weighted by Crippen LogP contribution is -2.40. The Morgan fingerprint density at radius 1 is 1.10 bits per heavy atom. The molecule has 0 spiro atoms. The molecule has 152 valence electrons. The molecule has 3 aromatic rings. The maximum Gasteiger partial charge on any atom is 0.266 e. The Kier molecular flexibility index (Phi) is 5.35. The van der Waals surface area contributed by atoms with Gasteiger partial charge < -0.3 is 4.90 Å². The molecule has 5 nitrogen and oxygen atoms in total. The molecule has 2 aromatic carbocycles. The zero-order chi connectivity index (χ0) is 21.5. The number of para-hydroxylation sites is 1. The Balaban J connectivity index is 2.30. The first-order chi connectivity index (χ1) is 13.5. The minimum Gasteiger partial charge on any atom is -0.335 e. The zero-order valence-electron chi connectivity index (χ0n) is 18.3. The number of aromatic nitrogens is 2. The van der Waals surface area contributed by atoms with Crippen molar-refractivity contribution in [1.29, 1.82) is 0 Å². The molecule has 0 aliphatic heterocycles. The summed E-state index contributed by atoms with van der Waals surface area (Å²) in [4.78, 5) is 32.9. The molecule has 0 saturated heterocycles. The molecular formula is C24H29N3O2. The summed E-state index contributed by atoms with van der Waals surface area (Å²) in [6, 6.07) is 13.0. The number of amides is 1. The van der Waals surface area contributed by atoms with Crippen molar-refractivity contribution in [2.24, 2.45) is 5.41 Å².